The summed E-state index contributed by atoms with van der Waals surface area (Å²) in [5.41, 5.74) is 0. The fraction of sp³-hybridized carbons (Fsp3) is 0.533. The van der Waals surface area contributed by atoms with Crippen LogP contribution in [0.4, 0.5) is 0 Å². The third-order valence-corrected chi connectivity index (χ3v) is 5.34. The van der Waals surface area contributed by atoms with Gasteiger partial charge in [0.15, 0.2) is 0 Å². The monoisotopic (exact) mass is 361 g/mol. The zero-order chi connectivity index (χ0) is 16.0. The van der Waals surface area contributed by atoms with E-state index in [1.807, 2.05) is 11.9 Å². The van der Waals surface area contributed by atoms with Crippen LogP contribution in [0.5, 0.6) is 0 Å². The quantitative estimate of drug-likeness (QED) is 0.792. The zero-order valence-electron chi connectivity index (χ0n) is 13.2. The highest BCUT2D eigenvalue weighted by Gasteiger charge is 2.22. The molecule has 0 saturated carbocycles. The molecule has 1 atom stereocenters. The third-order valence-electron chi connectivity index (χ3n) is 3.87. The van der Waals surface area contributed by atoms with E-state index in [2.05, 4.69) is 10.0 Å². The van der Waals surface area contributed by atoms with Gasteiger partial charge in [-0.3, -0.25) is 4.79 Å². The average Bonchev–Trinajstić information content (AvgIpc) is 2.55. The molecule has 0 spiro atoms. The van der Waals surface area contributed by atoms with Crippen LogP contribution in [0.2, 0.25) is 0 Å². The van der Waals surface area contributed by atoms with Crippen LogP contribution >= 0.6 is 12.4 Å². The van der Waals surface area contributed by atoms with Gasteiger partial charge in [-0.05, 0) is 32.0 Å². The number of sulfonamides is 1. The van der Waals surface area contributed by atoms with Gasteiger partial charge in [-0.1, -0.05) is 18.2 Å². The van der Waals surface area contributed by atoms with E-state index in [1.165, 1.54) is 12.1 Å². The Balaban J connectivity index is 0.00000264. The Morgan fingerprint density at radius 2 is 2.00 bits per heavy atom. The van der Waals surface area contributed by atoms with Crippen molar-refractivity contribution in [3.05, 3.63) is 30.3 Å². The number of halogens is 1. The number of likely N-dealkylation sites (N-methyl/N-ethyl adjacent to an activating group) is 1. The van der Waals surface area contributed by atoms with Gasteiger partial charge in [0.2, 0.25) is 15.9 Å². The summed E-state index contributed by atoms with van der Waals surface area (Å²) in [6, 6.07) is 8.51. The molecule has 1 aliphatic heterocycles. The summed E-state index contributed by atoms with van der Waals surface area (Å²) < 4.78 is 26.6. The highest BCUT2D eigenvalue weighted by atomic mass is 35.5. The summed E-state index contributed by atoms with van der Waals surface area (Å²) >= 11 is 0. The lowest BCUT2D eigenvalue weighted by molar-refractivity contribution is -0.132. The van der Waals surface area contributed by atoms with E-state index >= 15 is 0 Å². The first kappa shape index (κ1) is 19.9. The molecule has 1 heterocycles. The molecule has 0 bridgehead atoms. The van der Waals surface area contributed by atoms with Crippen LogP contribution in [0.1, 0.15) is 19.3 Å². The smallest absolute Gasteiger partial charge is 0.240 e. The van der Waals surface area contributed by atoms with Crippen molar-refractivity contribution in [1.82, 2.24) is 14.9 Å². The highest BCUT2D eigenvalue weighted by Crippen LogP contribution is 2.11. The fourth-order valence-electron chi connectivity index (χ4n) is 2.57. The maximum atomic E-state index is 12.1. The van der Waals surface area contributed by atoms with Crippen LogP contribution in [0.15, 0.2) is 35.2 Å². The molecular formula is C15H24ClN3O3S. The van der Waals surface area contributed by atoms with Gasteiger partial charge in [0.1, 0.15) is 0 Å². The molecule has 2 N–H and O–H groups in total. The van der Waals surface area contributed by atoms with E-state index in [9.17, 15) is 13.2 Å². The summed E-state index contributed by atoms with van der Waals surface area (Å²) in [6.45, 7) is 1.57. The molecule has 0 aromatic heterocycles. The SMILES string of the molecule is CNC1CCCN(C(=O)CCNS(=O)(=O)c2ccccc2)C1.Cl. The third kappa shape index (κ3) is 5.76. The van der Waals surface area contributed by atoms with Gasteiger partial charge >= 0.3 is 0 Å². The van der Waals surface area contributed by atoms with Gasteiger partial charge in [-0.15, -0.1) is 12.4 Å². The molecule has 1 saturated heterocycles. The molecule has 6 nitrogen and oxygen atoms in total. The largest absolute Gasteiger partial charge is 0.341 e. The topological polar surface area (TPSA) is 78.5 Å². The number of carbonyl (C=O) groups is 1. The fourth-order valence-corrected chi connectivity index (χ4v) is 3.63. The summed E-state index contributed by atoms with van der Waals surface area (Å²) in [5, 5.41) is 3.19. The number of piperidine rings is 1. The molecule has 1 unspecified atom stereocenters. The molecule has 8 heteroatoms. The maximum Gasteiger partial charge on any atom is 0.240 e. The summed E-state index contributed by atoms with van der Waals surface area (Å²) in [7, 11) is -1.64. The van der Waals surface area contributed by atoms with E-state index in [0.717, 1.165) is 19.4 Å². The molecule has 0 aliphatic carbocycles. The predicted octanol–water partition coefficient (Wildman–Crippen LogP) is 0.987. The van der Waals surface area contributed by atoms with Crippen LogP contribution in [-0.4, -0.2) is 51.9 Å². The average molecular weight is 362 g/mol. The van der Waals surface area contributed by atoms with E-state index in [4.69, 9.17) is 0 Å². The first-order chi connectivity index (χ1) is 10.5. The van der Waals surface area contributed by atoms with Crippen molar-refractivity contribution >= 4 is 28.3 Å². The molecule has 0 radical (unpaired) electrons. The minimum atomic E-state index is -3.54. The summed E-state index contributed by atoms with van der Waals surface area (Å²) in [4.78, 5) is 14.2. The van der Waals surface area contributed by atoms with Gasteiger partial charge in [0.25, 0.3) is 0 Å². The van der Waals surface area contributed by atoms with Crippen LogP contribution in [0.3, 0.4) is 0 Å². The number of hydrogen-bond donors (Lipinski definition) is 2. The second kappa shape index (κ2) is 9.22. The molecule has 23 heavy (non-hydrogen) atoms. The molecule has 1 fully saturated rings. The van der Waals surface area contributed by atoms with Crippen molar-refractivity contribution in [3.8, 4) is 0 Å². The van der Waals surface area contributed by atoms with Crippen LogP contribution in [0.25, 0.3) is 0 Å². The molecule has 130 valence electrons. The van der Waals surface area contributed by atoms with Crippen molar-refractivity contribution in [2.75, 3.05) is 26.7 Å². The van der Waals surface area contributed by atoms with E-state index in [0.29, 0.717) is 12.6 Å². The molecule has 1 aromatic rings. The van der Waals surface area contributed by atoms with Gasteiger partial charge in [-0.2, -0.15) is 0 Å². The molecule has 2 rings (SSSR count). The van der Waals surface area contributed by atoms with Crippen molar-refractivity contribution in [2.45, 2.75) is 30.2 Å². The Labute approximate surface area is 144 Å². The van der Waals surface area contributed by atoms with Crippen LogP contribution < -0.4 is 10.0 Å². The minimum absolute atomic E-state index is 0. The van der Waals surface area contributed by atoms with Gasteiger partial charge in [0, 0.05) is 32.1 Å². The lowest BCUT2D eigenvalue weighted by Gasteiger charge is -2.32. The van der Waals surface area contributed by atoms with Gasteiger partial charge in [0.05, 0.1) is 4.90 Å². The summed E-state index contributed by atoms with van der Waals surface area (Å²) in [6.07, 6.45) is 2.23. The van der Waals surface area contributed by atoms with Gasteiger partial charge in [-0.25, -0.2) is 13.1 Å². The number of benzene rings is 1. The highest BCUT2D eigenvalue weighted by molar-refractivity contribution is 7.89. The molecule has 1 amide bonds. The normalized spacial score (nSPS) is 18.3. The van der Waals surface area contributed by atoms with Crippen molar-refractivity contribution in [1.29, 1.82) is 0 Å². The Bertz CT molecular complexity index is 595. The number of rotatable bonds is 6. The number of likely N-dealkylation sites (tertiary alicyclic amines) is 1. The van der Waals surface area contributed by atoms with E-state index < -0.39 is 10.0 Å². The lowest BCUT2D eigenvalue weighted by Crippen LogP contribution is -2.47. The second-order valence-corrected chi connectivity index (χ2v) is 7.20. The first-order valence-electron chi connectivity index (χ1n) is 7.52. The molecule has 1 aliphatic rings. The summed E-state index contributed by atoms with van der Waals surface area (Å²) in [5.74, 6) is -0.00397. The zero-order valence-corrected chi connectivity index (χ0v) is 14.8. The lowest BCUT2D eigenvalue weighted by atomic mass is 10.1. The Hall–Kier alpha value is -1.15. The number of nitrogens with zero attached hydrogens (tertiary/aromatic N) is 1. The maximum absolute atomic E-state index is 12.1. The Morgan fingerprint density at radius 1 is 1.30 bits per heavy atom. The standard InChI is InChI=1S/C15H23N3O3S.ClH/c1-16-13-6-5-11-18(12-13)15(19)9-10-17-22(20,21)14-7-3-2-4-8-14;/h2-4,7-8,13,16-17H,5-6,9-12H2,1H3;1H. The van der Waals surface area contributed by atoms with Crippen molar-refractivity contribution in [2.24, 2.45) is 0 Å². The minimum Gasteiger partial charge on any atom is -0.341 e. The number of amides is 1. The Morgan fingerprint density at radius 3 is 2.65 bits per heavy atom. The number of carbonyl (C=O) groups excluding carboxylic acids is 1. The Kier molecular flexibility index (Phi) is 7.98. The van der Waals surface area contributed by atoms with E-state index in [-0.39, 0.29) is 36.2 Å². The van der Waals surface area contributed by atoms with E-state index in [1.54, 1.807) is 18.2 Å². The van der Waals surface area contributed by atoms with Crippen LogP contribution in [-0.2, 0) is 14.8 Å². The second-order valence-electron chi connectivity index (χ2n) is 5.43. The predicted molar refractivity (Wildman–Crippen MR) is 92.2 cm³/mol. The van der Waals surface area contributed by atoms with Crippen LogP contribution in [0, 0.1) is 0 Å². The van der Waals surface area contributed by atoms with Gasteiger partial charge < -0.3 is 10.2 Å². The number of hydrogen-bond acceptors (Lipinski definition) is 4. The molecule has 1 aromatic carbocycles. The molecular weight excluding hydrogens is 338 g/mol. The van der Waals surface area contributed by atoms with Crippen molar-refractivity contribution < 1.29 is 13.2 Å². The number of nitrogens with one attached hydrogen (secondary N) is 2. The van der Waals surface area contributed by atoms with Crippen molar-refractivity contribution in [3.63, 3.8) is 0 Å². The first-order valence-corrected chi connectivity index (χ1v) is 9.01.